The fraction of sp³-hybridized carbons (Fsp3) is 0. The number of benzene rings is 1. The number of pyridine rings is 6. The summed E-state index contributed by atoms with van der Waals surface area (Å²) in [5.74, 6) is 0. The van der Waals surface area contributed by atoms with E-state index < -0.39 is 0 Å². The van der Waals surface area contributed by atoms with Gasteiger partial charge in [0.25, 0.3) is 0 Å². The molecule has 7 rings (SSSR count). The molecular weight excluding hydrogens is 492 g/mol. The summed E-state index contributed by atoms with van der Waals surface area (Å²) in [4.78, 5) is 64.0. The molecule has 1 aromatic carbocycles. The van der Waals surface area contributed by atoms with Crippen molar-refractivity contribution < 1.29 is 0 Å². The van der Waals surface area contributed by atoms with Crippen LogP contribution in [0.2, 0.25) is 0 Å². The fourth-order valence-corrected chi connectivity index (χ4v) is 5.11. The van der Waals surface area contributed by atoms with Gasteiger partial charge in [-0.1, -0.05) is 18.2 Å². The molecule has 0 aliphatic rings. The van der Waals surface area contributed by atoms with Crippen molar-refractivity contribution in [3.63, 3.8) is 0 Å². The molecule has 186 valence electrons. The predicted octanol–water partition coefficient (Wildman–Crippen LogP) is 4.40. The van der Waals surface area contributed by atoms with Crippen molar-refractivity contribution in [3.05, 3.63) is 123 Å². The van der Waals surface area contributed by atoms with Gasteiger partial charge >= 0.3 is 0 Å². The molecule has 0 aliphatic heterocycles. The van der Waals surface area contributed by atoms with Crippen molar-refractivity contribution in [1.82, 2.24) is 29.9 Å². The lowest BCUT2D eigenvalue weighted by molar-refractivity contribution is 1.30. The van der Waals surface area contributed by atoms with Crippen LogP contribution in [0.3, 0.4) is 0 Å². The van der Waals surface area contributed by atoms with Gasteiger partial charge in [0.1, 0.15) is 0 Å². The fourth-order valence-electron chi connectivity index (χ4n) is 5.11. The van der Waals surface area contributed by atoms with Crippen LogP contribution in [0.25, 0.3) is 66.1 Å². The third-order valence-electron chi connectivity index (χ3n) is 6.92. The Morgan fingerprint density at radius 1 is 0.462 bits per heavy atom. The molecule has 6 aromatic heterocycles. The van der Waals surface area contributed by atoms with Crippen molar-refractivity contribution in [3.8, 4) is 33.4 Å². The molecule has 0 bridgehead atoms. The summed E-state index contributed by atoms with van der Waals surface area (Å²) in [6, 6.07) is 10.6. The highest BCUT2D eigenvalue weighted by Gasteiger charge is 2.22. The zero-order valence-corrected chi connectivity index (χ0v) is 20.2. The number of rotatable bonds is 3. The Bertz CT molecular complexity index is 1940. The number of aromatic nitrogens is 6. The molecule has 0 aliphatic carbocycles. The summed E-state index contributed by atoms with van der Waals surface area (Å²) in [5, 5.41) is 0.632. The van der Waals surface area contributed by atoms with Gasteiger partial charge in [0, 0.05) is 89.2 Å². The highest BCUT2D eigenvalue weighted by molar-refractivity contribution is 6.22. The van der Waals surface area contributed by atoms with Crippen molar-refractivity contribution in [2.75, 3.05) is 0 Å². The number of aromatic amines is 3. The number of H-pyrrole nitrogens is 3. The lowest BCUT2D eigenvalue weighted by atomic mass is 9.96. The lowest BCUT2D eigenvalue weighted by Crippen LogP contribution is -2.16. The minimum absolute atomic E-state index is 0.211. The van der Waals surface area contributed by atoms with Crippen molar-refractivity contribution in [2.45, 2.75) is 0 Å². The van der Waals surface area contributed by atoms with Gasteiger partial charge in [-0.15, -0.1) is 0 Å². The first-order valence-corrected chi connectivity index (χ1v) is 12.1. The molecule has 0 saturated carbocycles. The second-order valence-corrected chi connectivity index (χ2v) is 9.07. The summed E-state index contributed by atoms with van der Waals surface area (Å²) in [7, 11) is 0. The van der Waals surface area contributed by atoms with Crippen molar-refractivity contribution in [2.24, 2.45) is 0 Å². The molecule has 0 radical (unpaired) electrons. The SMILES string of the molecule is O=c1c(-c2cccnc2)c[nH]c2c1c1[nH]cc(-c3cccnc3)c(=O)c1c1[nH]cc(-c3cccnc3)c(=O)c21. The van der Waals surface area contributed by atoms with Gasteiger partial charge in [0.2, 0.25) is 0 Å². The summed E-state index contributed by atoms with van der Waals surface area (Å²) in [6.45, 7) is 0. The molecule has 39 heavy (non-hydrogen) atoms. The third-order valence-corrected chi connectivity index (χ3v) is 6.92. The van der Waals surface area contributed by atoms with Gasteiger partial charge in [-0.3, -0.25) is 29.3 Å². The first-order valence-electron chi connectivity index (χ1n) is 12.1. The van der Waals surface area contributed by atoms with Crippen LogP contribution in [0.5, 0.6) is 0 Å². The predicted molar refractivity (Wildman–Crippen MR) is 151 cm³/mol. The van der Waals surface area contributed by atoms with E-state index in [9.17, 15) is 14.4 Å². The first-order chi connectivity index (χ1) is 19.1. The molecule has 3 N–H and O–H groups in total. The molecule has 0 unspecified atom stereocenters. The van der Waals surface area contributed by atoms with Gasteiger partial charge in [0.15, 0.2) is 16.3 Å². The van der Waals surface area contributed by atoms with E-state index in [2.05, 4.69) is 29.9 Å². The van der Waals surface area contributed by atoms with E-state index in [1.807, 2.05) is 0 Å². The van der Waals surface area contributed by atoms with Gasteiger partial charge < -0.3 is 15.0 Å². The highest BCUT2D eigenvalue weighted by Crippen LogP contribution is 2.31. The number of fused-ring (bicyclic) bond motifs is 6. The highest BCUT2D eigenvalue weighted by atomic mass is 16.1. The summed E-state index contributed by atoms with van der Waals surface area (Å²) < 4.78 is 0. The van der Waals surface area contributed by atoms with E-state index in [-0.39, 0.29) is 32.4 Å². The monoisotopic (exact) mass is 510 g/mol. The van der Waals surface area contributed by atoms with E-state index in [4.69, 9.17) is 0 Å². The summed E-state index contributed by atoms with van der Waals surface area (Å²) in [6.07, 6.45) is 14.4. The summed E-state index contributed by atoms with van der Waals surface area (Å²) >= 11 is 0. The molecule has 9 nitrogen and oxygen atoms in total. The smallest absolute Gasteiger partial charge is 0.199 e. The van der Waals surface area contributed by atoms with Gasteiger partial charge in [0.05, 0.1) is 32.7 Å². The number of hydrogen-bond acceptors (Lipinski definition) is 6. The standard InChI is InChI=1S/C30H18N6O3/c37-28-19(16-4-1-7-31-10-16)13-34-25-22(28)26-24(30(39)20(14-35-26)17-5-2-8-32-11-17)27-23(25)29(38)21(15-36-27)18-6-3-9-33-12-18/h1-15H,(H,34,37)(H,35,39)(H,36,38). The zero-order chi connectivity index (χ0) is 26.5. The average molecular weight is 511 g/mol. The van der Waals surface area contributed by atoms with Crippen molar-refractivity contribution in [1.29, 1.82) is 0 Å². The van der Waals surface area contributed by atoms with Crippen LogP contribution in [0.15, 0.2) is 107 Å². The van der Waals surface area contributed by atoms with Gasteiger partial charge in [-0.2, -0.15) is 0 Å². The Kier molecular flexibility index (Phi) is 5.02. The van der Waals surface area contributed by atoms with Gasteiger partial charge in [-0.25, -0.2) is 0 Å². The number of nitrogens with one attached hydrogen (secondary N) is 3. The maximum atomic E-state index is 14.0. The largest absolute Gasteiger partial charge is 0.360 e. The topological polar surface area (TPSA) is 137 Å². The minimum Gasteiger partial charge on any atom is -0.360 e. The summed E-state index contributed by atoms with van der Waals surface area (Å²) in [5.41, 5.74) is 2.92. The minimum atomic E-state index is -0.334. The molecule has 0 fully saturated rings. The molecule has 0 saturated heterocycles. The Morgan fingerprint density at radius 3 is 1.03 bits per heavy atom. The Morgan fingerprint density at radius 2 is 0.769 bits per heavy atom. The Hall–Kier alpha value is -5.70. The van der Waals surface area contributed by atoms with E-state index >= 15 is 0 Å². The molecular formula is C30H18N6O3. The maximum Gasteiger partial charge on any atom is 0.199 e. The second-order valence-electron chi connectivity index (χ2n) is 9.07. The van der Waals surface area contributed by atoms with Crippen LogP contribution in [0, 0.1) is 0 Å². The van der Waals surface area contributed by atoms with E-state index in [0.29, 0.717) is 49.9 Å². The molecule has 0 atom stereocenters. The Labute approximate surface area is 218 Å². The van der Waals surface area contributed by atoms with Crippen LogP contribution < -0.4 is 16.3 Å². The van der Waals surface area contributed by atoms with E-state index in [1.54, 1.807) is 92.2 Å². The van der Waals surface area contributed by atoms with Crippen LogP contribution in [0.1, 0.15) is 0 Å². The van der Waals surface area contributed by atoms with Gasteiger partial charge in [-0.05, 0) is 18.2 Å². The maximum absolute atomic E-state index is 14.0. The molecule has 6 heterocycles. The van der Waals surface area contributed by atoms with E-state index in [0.717, 1.165) is 0 Å². The lowest BCUT2D eigenvalue weighted by Gasteiger charge is -2.13. The van der Waals surface area contributed by atoms with Crippen LogP contribution in [-0.2, 0) is 0 Å². The Balaban J connectivity index is 1.70. The van der Waals surface area contributed by atoms with Crippen LogP contribution in [0.4, 0.5) is 0 Å². The molecule has 0 spiro atoms. The van der Waals surface area contributed by atoms with Crippen LogP contribution >= 0.6 is 0 Å². The normalized spacial score (nSPS) is 11.4. The quantitative estimate of drug-likeness (QED) is 0.301. The van der Waals surface area contributed by atoms with E-state index in [1.165, 1.54) is 0 Å². The zero-order valence-electron chi connectivity index (χ0n) is 20.2. The number of nitrogens with zero attached hydrogens (tertiary/aromatic N) is 3. The third kappa shape index (κ3) is 3.41. The molecule has 9 heteroatoms. The van der Waals surface area contributed by atoms with Crippen molar-refractivity contribution >= 4 is 32.7 Å². The first kappa shape index (κ1) is 22.5. The average Bonchev–Trinajstić information content (AvgIpc) is 2.98. The molecule has 7 aromatic rings. The van der Waals surface area contributed by atoms with Crippen LogP contribution in [-0.4, -0.2) is 29.9 Å². The molecule has 0 amide bonds. The number of hydrogen-bond donors (Lipinski definition) is 3. The second kappa shape index (κ2) is 8.70.